The van der Waals surface area contributed by atoms with Crippen LogP contribution in [0.15, 0.2) is 0 Å². The first-order valence-electron chi connectivity index (χ1n) is 1.36. The van der Waals surface area contributed by atoms with Crippen molar-refractivity contribution in [2.75, 3.05) is 0 Å². The third-order valence-corrected chi connectivity index (χ3v) is 0.285. The molecule has 0 unspecified atom stereocenters. The van der Waals surface area contributed by atoms with Gasteiger partial charge in [0.25, 0.3) is 0 Å². The molecule has 0 rings (SSSR count). The maximum absolute atomic E-state index is 9.53. The van der Waals surface area contributed by atoms with E-state index in [-0.39, 0.29) is 45.8 Å². The molecule has 0 aliphatic heterocycles. The molecule has 0 fully saturated rings. The predicted molar refractivity (Wildman–Crippen MR) is 27.1 cm³/mol. The van der Waals surface area contributed by atoms with E-state index in [1.54, 1.807) is 6.92 Å². The third kappa shape index (κ3) is 20.3. The Morgan fingerprint density at radius 2 is 1.86 bits per heavy atom. The van der Waals surface area contributed by atoms with Crippen LogP contribution in [-0.4, -0.2) is 13.5 Å². The number of carbonyl (C=O) groups is 1. The van der Waals surface area contributed by atoms with Crippen LogP contribution in [0.2, 0.25) is 0 Å². The largest absolute Gasteiger partial charge is 0.358 e. The van der Waals surface area contributed by atoms with Gasteiger partial charge < -0.3 is 18.6 Å². The molecule has 0 amide bonds. The first-order valence-corrected chi connectivity index (χ1v) is 1.36. The fourth-order valence-corrected chi connectivity index (χ4v) is 0. The number of carbonyl (C=O) groups excluding carboxylic acids is 1. The van der Waals surface area contributed by atoms with Crippen molar-refractivity contribution in [1.82, 2.24) is 0 Å². The van der Waals surface area contributed by atoms with Crippen molar-refractivity contribution >= 4 is 13.5 Å². The van der Waals surface area contributed by atoms with Gasteiger partial charge in [-0.3, -0.25) is 0 Å². The average molecular weight is 171 g/mol. The van der Waals surface area contributed by atoms with Gasteiger partial charge in [-0.15, -0.1) is 0 Å². The van der Waals surface area contributed by atoms with Crippen LogP contribution in [0.3, 0.4) is 0 Å². The average Bonchev–Trinajstić information content (AvgIpc) is 1.38. The van der Waals surface area contributed by atoms with Crippen molar-refractivity contribution in [1.29, 1.82) is 0 Å². The van der Waals surface area contributed by atoms with E-state index < -0.39 is 0 Å². The second-order valence-corrected chi connectivity index (χ2v) is 0.691. The first kappa shape index (κ1) is 15.6. The zero-order chi connectivity index (χ0) is 4.28. The Labute approximate surface area is 71.5 Å². The standard InChI is InChI=1S/C3H4BO.CH3.Y/c1-2-3(4)5;;/h2H,1H3;1H3;/q2*-1;. The van der Waals surface area contributed by atoms with Crippen LogP contribution in [0, 0.1) is 13.8 Å². The summed E-state index contributed by atoms with van der Waals surface area (Å²) < 4.78 is 0. The summed E-state index contributed by atoms with van der Waals surface area (Å²) in [6.07, 6.45) is 1.31. The van der Waals surface area contributed by atoms with Gasteiger partial charge in [-0.2, -0.15) is 6.92 Å². The van der Waals surface area contributed by atoms with E-state index in [1.165, 1.54) is 6.42 Å². The predicted octanol–water partition coefficient (Wildman–Crippen LogP) is 0.353. The molecular weight excluding hydrogens is 164 g/mol. The number of hydrogen-bond acceptors (Lipinski definition) is 1. The molecule has 0 spiro atoms. The molecule has 0 heterocycles. The summed E-state index contributed by atoms with van der Waals surface area (Å²) in [6, 6.07) is 0. The summed E-state index contributed by atoms with van der Waals surface area (Å²) in [7, 11) is 4.60. The Bertz CT molecular complexity index is 47.0. The van der Waals surface area contributed by atoms with Crippen LogP contribution in [0.5, 0.6) is 0 Å². The molecule has 7 heavy (non-hydrogen) atoms. The minimum Gasteiger partial charge on any atom is -0.358 e. The third-order valence-electron chi connectivity index (χ3n) is 0.285. The van der Waals surface area contributed by atoms with Crippen molar-refractivity contribution in [2.45, 2.75) is 6.92 Å². The van der Waals surface area contributed by atoms with Gasteiger partial charge in [0, 0.05) is 32.7 Å². The molecular formula is C4H7BOY-2. The van der Waals surface area contributed by atoms with Crippen LogP contribution >= 0.6 is 0 Å². The van der Waals surface area contributed by atoms with E-state index in [9.17, 15) is 4.79 Å². The van der Waals surface area contributed by atoms with E-state index in [0.29, 0.717) is 0 Å². The molecule has 1 nitrogen and oxygen atoms in total. The molecule has 37 valence electrons. The quantitative estimate of drug-likeness (QED) is 0.410. The number of rotatable bonds is 1. The molecule has 0 bridgehead atoms. The Hall–Kier alpha value is 0.709. The van der Waals surface area contributed by atoms with Gasteiger partial charge >= 0.3 is 0 Å². The first-order chi connectivity index (χ1) is 2.27. The second kappa shape index (κ2) is 9.86. The van der Waals surface area contributed by atoms with Crippen LogP contribution in [0.25, 0.3) is 0 Å². The van der Waals surface area contributed by atoms with E-state index in [2.05, 4.69) is 7.85 Å². The molecule has 0 aromatic heterocycles. The maximum atomic E-state index is 9.53. The number of hydrogen-bond donors (Lipinski definition) is 0. The van der Waals surface area contributed by atoms with Gasteiger partial charge in [-0.1, -0.05) is 5.68 Å². The normalized spacial score (nSPS) is 4.71. The fraction of sp³-hybridized carbons (Fsp3) is 0.250. The second-order valence-electron chi connectivity index (χ2n) is 0.691. The van der Waals surface area contributed by atoms with Gasteiger partial charge in [0.15, 0.2) is 0 Å². The van der Waals surface area contributed by atoms with Crippen LogP contribution in [0.1, 0.15) is 6.92 Å². The maximum Gasteiger partial charge on any atom is 0.121 e. The molecule has 0 aromatic carbocycles. The smallest absolute Gasteiger partial charge is 0.121 e. The summed E-state index contributed by atoms with van der Waals surface area (Å²) in [5, 5.41) is 0. The molecule has 0 atom stereocenters. The zero-order valence-electron chi connectivity index (χ0n) is 4.64. The van der Waals surface area contributed by atoms with Crippen molar-refractivity contribution in [3.8, 4) is 0 Å². The van der Waals surface area contributed by atoms with E-state index in [0.717, 1.165) is 0 Å². The minimum atomic E-state index is -0.370. The molecule has 0 saturated carbocycles. The van der Waals surface area contributed by atoms with Gasteiger partial charge in [0.05, 0.1) is 0 Å². The Kier molecular flexibility index (Phi) is 22.0. The van der Waals surface area contributed by atoms with Crippen molar-refractivity contribution in [3.63, 3.8) is 0 Å². The molecule has 0 saturated heterocycles. The van der Waals surface area contributed by atoms with Gasteiger partial charge in [0.2, 0.25) is 0 Å². The Balaban J connectivity index is -0.0000000800. The fourth-order valence-electron chi connectivity index (χ4n) is 0. The van der Waals surface area contributed by atoms with Gasteiger partial charge in [0.1, 0.15) is 7.85 Å². The molecule has 0 aliphatic carbocycles. The summed E-state index contributed by atoms with van der Waals surface area (Å²) in [4.78, 5) is 9.53. The van der Waals surface area contributed by atoms with Crippen LogP contribution in [-0.2, 0) is 37.5 Å². The van der Waals surface area contributed by atoms with E-state index >= 15 is 0 Å². The topological polar surface area (TPSA) is 17.1 Å². The van der Waals surface area contributed by atoms with E-state index in [4.69, 9.17) is 0 Å². The molecule has 0 aromatic rings. The van der Waals surface area contributed by atoms with Crippen LogP contribution < -0.4 is 0 Å². The van der Waals surface area contributed by atoms with Gasteiger partial charge in [-0.05, 0) is 0 Å². The molecule has 0 N–H and O–H groups in total. The van der Waals surface area contributed by atoms with Crippen molar-refractivity contribution in [2.24, 2.45) is 0 Å². The SMILES string of the molecule is [B]C(=O)[CH-]C.[CH3-].[Y]. The molecule has 3 radical (unpaired) electrons. The van der Waals surface area contributed by atoms with Crippen LogP contribution in [0.4, 0.5) is 0 Å². The summed E-state index contributed by atoms with van der Waals surface area (Å²) in [5.41, 5.74) is -0.370. The van der Waals surface area contributed by atoms with Crippen molar-refractivity contribution < 1.29 is 37.5 Å². The van der Waals surface area contributed by atoms with Crippen molar-refractivity contribution in [3.05, 3.63) is 13.8 Å². The van der Waals surface area contributed by atoms with E-state index in [1.807, 2.05) is 0 Å². The summed E-state index contributed by atoms with van der Waals surface area (Å²) in [5.74, 6) is 0. The van der Waals surface area contributed by atoms with Gasteiger partial charge in [-0.25, -0.2) is 0 Å². The minimum absolute atomic E-state index is 0. The zero-order valence-corrected chi connectivity index (χ0v) is 7.48. The molecule has 0 aliphatic rings. The monoisotopic (exact) mass is 171 g/mol. The summed E-state index contributed by atoms with van der Waals surface area (Å²) in [6.45, 7) is 1.60. The summed E-state index contributed by atoms with van der Waals surface area (Å²) >= 11 is 0. The Morgan fingerprint density at radius 3 is 1.86 bits per heavy atom. The Morgan fingerprint density at radius 1 is 1.71 bits per heavy atom. The molecule has 3 heteroatoms.